The fourth-order valence-corrected chi connectivity index (χ4v) is 0.905. The van der Waals surface area contributed by atoms with Crippen LogP contribution in [0.3, 0.4) is 0 Å². The Kier molecular flexibility index (Phi) is 3.52. The molecule has 1 atom stereocenters. The predicted molar refractivity (Wildman–Crippen MR) is 53.6 cm³/mol. The zero-order valence-corrected chi connectivity index (χ0v) is 7.95. The SMILES string of the molecule is COC(C)CNc1ccncc1N. The molecule has 72 valence electrons. The number of pyridine rings is 1. The van der Waals surface area contributed by atoms with Gasteiger partial charge in [-0.2, -0.15) is 0 Å². The highest BCUT2D eigenvalue weighted by molar-refractivity contribution is 5.64. The summed E-state index contributed by atoms with van der Waals surface area (Å²) in [4.78, 5) is 3.90. The summed E-state index contributed by atoms with van der Waals surface area (Å²) >= 11 is 0. The van der Waals surface area contributed by atoms with Gasteiger partial charge in [0.05, 0.1) is 23.7 Å². The first-order chi connectivity index (χ1) is 6.24. The second-order valence-corrected chi connectivity index (χ2v) is 2.89. The van der Waals surface area contributed by atoms with E-state index in [9.17, 15) is 0 Å². The highest BCUT2D eigenvalue weighted by atomic mass is 16.5. The van der Waals surface area contributed by atoms with E-state index in [1.807, 2.05) is 13.0 Å². The van der Waals surface area contributed by atoms with Crippen molar-refractivity contribution in [3.63, 3.8) is 0 Å². The predicted octanol–water partition coefficient (Wildman–Crippen LogP) is 1.11. The van der Waals surface area contributed by atoms with Gasteiger partial charge in [0.2, 0.25) is 0 Å². The first-order valence-electron chi connectivity index (χ1n) is 4.20. The minimum absolute atomic E-state index is 0.174. The average molecular weight is 181 g/mol. The molecule has 4 heteroatoms. The number of hydrogen-bond acceptors (Lipinski definition) is 4. The van der Waals surface area contributed by atoms with Gasteiger partial charge >= 0.3 is 0 Å². The van der Waals surface area contributed by atoms with Gasteiger partial charge < -0.3 is 15.8 Å². The van der Waals surface area contributed by atoms with Crippen molar-refractivity contribution >= 4 is 11.4 Å². The normalized spacial score (nSPS) is 12.5. The van der Waals surface area contributed by atoms with Crippen LogP contribution in [0, 0.1) is 0 Å². The van der Waals surface area contributed by atoms with Crippen molar-refractivity contribution < 1.29 is 4.74 Å². The van der Waals surface area contributed by atoms with Crippen molar-refractivity contribution in [1.82, 2.24) is 4.98 Å². The Morgan fingerprint density at radius 3 is 3.08 bits per heavy atom. The van der Waals surface area contributed by atoms with E-state index in [2.05, 4.69) is 10.3 Å². The van der Waals surface area contributed by atoms with Crippen LogP contribution in [0.2, 0.25) is 0 Å². The third-order valence-corrected chi connectivity index (χ3v) is 1.83. The maximum Gasteiger partial charge on any atom is 0.0736 e. The summed E-state index contributed by atoms with van der Waals surface area (Å²) in [5, 5.41) is 3.17. The van der Waals surface area contributed by atoms with Crippen molar-refractivity contribution in [2.24, 2.45) is 0 Å². The first kappa shape index (κ1) is 9.80. The smallest absolute Gasteiger partial charge is 0.0736 e. The molecule has 0 spiro atoms. The topological polar surface area (TPSA) is 60.2 Å². The second-order valence-electron chi connectivity index (χ2n) is 2.89. The Bertz CT molecular complexity index is 265. The number of nitrogen functional groups attached to an aromatic ring is 1. The number of hydrogen-bond donors (Lipinski definition) is 2. The zero-order valence-electron chi connectivity index (χ0n) is 7.95. The molecule has 0 bridgehead atoms. The molecule has 0 saturated carbocycles. The van der Waals surface area contributed by atoms with Gasteiger partial charge in [0.15, 0.2) is 0 Å². The minimum Gasteiger partial charge on any atom is -0.396 e. The first-order valence-corrected chi connectivity index (χ1v) is 4.20. The van der Waals surface area contributed by atoms with Crippen molar-refractivity contribution in [2.75, 3.05) is 24.7 Å². The molecule has 13 heavy (non-hydrogen) atoms. The summed E-state index contributed by atoms with van der Waals surface area (Å²) in [6.07, 6.45) is 3.50. The Balaban J connectivity index is 2.50. The molecule has 3 N–H and O–H groups in total. The van der Waals surface area contributed by atoms with Crippen LogP contribution in [0.4, 0.5) is 11.4 Å². The van der Waals surface area contributed by atoms with Crippen molar-refractivity contribution in [2.45, 2.75) is 13.0 Å². The lowest BCUT2D eigenvalue weighted by atomic mass is 10.3. The Morgan fingerprint density at radius 2 is 2.46 bits per heavy atom. The standard InChI is InChI=1S/C9H15N3O/c1-7(13-2)5-12-9-3-4-11-6-8(9)10/h3-4,6-7H,5,10H2,1-2H3,(H,11,12). The van der Waals surface area contributed by atoms with E-state index in [0.29, 0.717) is 5.69 Å². The number of nitrogens with zero attached hydrogens (tertiary/aromatic N) is 1. The van der Waals surface area contributed by atoms with Gasteiger partial charge in [-0.25, -0.2) is 0 Å². The third-order valence-electron chi connectivity index (χ3n) is 1.83. The quantitative estimate of drug-likeness (QED) is 0.730. The van der Waals surface area contributed by atoms with Crippen LogP contribution in [-0.2, 0) is 4.74 Å². The molecule has 0 fully saturated rings. The minimum atomic E-state index is 0.174. The van der Waals surface area contributed by atoms with Crippen molar-refractivity contribution in [1.29, 1.82) is 0 Å². The molecule has 1 unspecified atom stereocenters. The van der Waals surface area contributed by atoms with Gasteiger partial charge in [0, 0.05) is 19.9 Å². The molecular weight excluding hydrogens is 166 g/mol. The summed E-state index contributed by atoms with van der Waals surface area (Å²) in [6, 6.07) is 1.84. The molecule has 4 nitrogen and oxygen atoms in total. The van der Waals surface area contributed by atoms with Crippen LogP contribution in [0.5, 0.6) is 0 Å². The van der Waals surface area contributed by atoms with Gasteiger partial charge in [-0.1, -0.05) is 0 Å². The molecule has 0 aliphatic rings. The maximum absolute atomic E-state index is 5.68. The van der Waals surface area contributed by atoms with Crippen molar-refractivity contribution in [3.05, 3.63) is 18.5 Å². The van der Waals surface area contributed by atoms with Crippen LogP contribution in [-0.4, -0.2) is 24.7 Å². The third kappa shape index (κ3) is 2.91. The van der Waals surface area contributed by atoms with E-state index in [4.69, 9.17) is 10.5 Å². The van der Waals surface area contributed by atoms with Gasteiger partial charge in [-0.05, 0) is 13.0 Å². The molecule has 0 aliphatic carbocycles. The lowest BCUT2D eigenvalue weighted by Crippen LogP contribution is -2.18. The van der Waals surface area contributed by atoms with E-state index in [1.54, 1.807) is 19.5 Å². The summed E-state index contributed by atoms with van der Waals surface area (Å²) in [6.45, 7) is 2.73. The van der Waals surface area contributed by atoms with Gasteiger partial charge in [0.1, 0.15) is 0 Å². The zero-order chi connectivity index (χ0) is 9.68. The maximum atomic E-state index is 5.68. The van der Waals surface area contributed by atoms with E-state index in [0.717, 1.165) is 12.2 Å². The van der Waals surface area contributed by atoms with Gasteiger partial charge in [0.25, 0.3) is 0 Å². The monoisotopic (exact) mass is 181 g/mol. The molecule has 0 aliphatic heterocycles. The number of rotatable bonds is 4. The summed E-state index contributed by atoms with van der Waals surface area (Å²) in [5.74, 6) is 0. The molecule has 0 radical (unpaired) electrons. The fraction of sp³-hybridized carbons (Fsp3) is 0.444. The average Bonchev–Trinajstić information content (AvgIpc) is 2.16. The number of aromatic nitrogens is 1. The van der Waals surface area contributed by atoms with Gasteiger partial charge in [-0.15, -0.1) is 0 Å². The second kappa shape index (κ2) is 4.67. The Labute approximate surface area is 78.1 Å². The number of methoxy groups -OCH3 is 1. The van der Waals surface area contributed by atoms with E-state index < -0.39 is 0 Å². The Morgan fingerprint density at radius 1 is 1.69 bits per heavy atom. The molecular formula is C9H15N3O. The van der Waals surface area contributed by atoms with Crippen LogP contribution in [0.25, 0.3) is 0 Å². The molecule has 1 heterocycles. The summed E-state index contributed by atoms with van der Waals surface area (Å²) in [7, 11) is 1.68. The summed E-state index contributed by atoms with van der Waals surface area (Å²) < 4.78 is 5.09. The molecule has 0 saturated heterocycles. The van der Waals surface area contributed by atoms with Crippen LogP contribution >= 0.6 is 0 Å². The molecule has 1 rings (SSSR count). The number of nitrogens with one attached hydrogen (secondary N) is 1. The van der Waals surface area contributed by atoms with E-state index >= 15 is 0 Å². The van der Waals surface area contributed by atoms with Gasteiger partial charge in [-0.3, -0.25) is 4.98 Å². The number of nitrogens with two attached hydrogens (primary N) is 1. The van der Waals surface area contributed by atoms with E-state index in [1.165, 1.54) is 0 Å². The van der Waals surface area contributed by atoms with Crippen LogP contribution in [0.15, 0.2) is 18.5 Å². The highest BCUT2D eigenvalue weighted by Gasteiger charge is 2.00. The van der Waals surface area contributed by atoms with Crippen LogP contribution < -0.4 is 11.1 Å². The molecule has 1 aromatic heterocycles. The number of anilines is 2. The van der Waals surface area contributed by atoms with E-state index in [-0.39, 0.29) is 6.10 Å². The molecule has 1 aromatic rings. The van der Waals surface area contributed by atoms with Crippen LogP contribution in [0.1, 0.15) is 6.92 Å². The van der Waals surface area contributed by atoms with Crippen molar-refractivity contribution in [3.8, 4) is 0 Å². The summed E-state index contributed by atoms with van der Waals surface area (Å²) in [5.41, 5.74) is 7.24. The lowest BCUT2D eigenvalue weighted by Gasteiger charge is -2.12. The Hall–Kier alpha value is -1.29. The molecule has 0 aromatic carbocycles. The number of ether oxygens (including phenoxy) is 1. The molecule has 0 amide bonds. The largest absolute Gasteiger partial charge is 0.396 e. The fourth-order valence-electron chi connectivity index (χ4n) is 0.905. The lowest BCUT2D eigenvalue weighted by molar-refractivity contribution is 0.129. The highest BCUT2D eigenvalue weighted by Crippen LogP contribution is 2.14.